The number of ether oxygens (including phenoxy) is 2. The Morgan fingerprint density at radius 2 is 2.06 bits per heavy atom. The number of methoxy groups -OCH3 is 1. The summed E-state index contributed by atoms with van der Waals surface area (Å²) >= 11 is 0. The fraction of sp³-hybridized carbons (Fsp3) is 0.250. The van der Waals surface area contributed by atoms with Gasteiger partial charge in [0.15, 0.2) is 11.6 Å². The van der Waals surface area contributed by atoms with Gasteiger partial charge in [-0.05, 0) is 29.8 Å². The maximum absolute atomic E-state index is 6.24. The van der Waals surface area contributed by atoms with E-state index in [9.17, 15) is 0 Å². The molecule has 170 valence electrons. The maximum atomic E-state index is 6.24. The summed E-state index contributed by atoms with van der Waals surface area (Å²) < 4.78 is 11.3. The second kappa shape index (κ2) is 10.6. The van der Waals surface area contributed by atoms with Gasteiger partial charge in [-0.2, -0.15) is 4.98 Å². The highest BCUT2D eigenvalue weighted by molar-refractivity contribution is 5.85. The quantitative estimate of drug-likeness (QED) is 0.534. The Balaban J connectivity index is 1.83. The van der Waals surface area contributed by atoms with Crippen LogP contribution in [-0.2, 0) is 4.74 Å². The number of aromatic nitrogens is 3. The molecule has 0 atom stereocenters. The molecule has 3 heterocycles. The molecule has 0 bridgehead atoms. The van der Waals surface area contributed by atoms with Crippen LogP contribution in [-0.4, -0.2) is 61.6 Å². The van der Waals surface area contributed by atoms with Crippen LogP contribution in [0.3, 0.4) is 0 Å². The minimum atomic E-state index is 0.533. The number of rotatable bonds is 7. The lowest BCUT2D eigenvalue weighted by Gasteiger charge is -2.28. The second-order valence-corrected chi connectivity index (χ2v) is 7.33. The minimum Gasteiger partial charge on any atom is -0.491 e. The van der Waals surface area contributed by atoms with Gasteiger partial charge in [0, 0.05) is 43.8 Å². The first kappa shape index (κ1) is 22.2. The van der Waals surface area contributed by atoms with Crippen LogP contribution >= 0.6 is 0 Å². The third-order valence-corrected chi connectivity index (χ3v) is 5.15. The topological polar surface area (TPSA) is 111 Å². The Hall–Kier alpha value is -3.98. The lowest BCUT2D eigenvalue weighted by molar-refractivity contribution is 0.122. The van der Waals surface area contributed by atoms with E-state index in [1.165, 1.54) is 0 Å². The molecule has 3 aromatic rings. The Labute approximate surface area is 193 Å². The predicted molar refractivity (Wildman–Crippen MR) is 131 cm³/mol. The number of anilines is 3. The summed E-state index contributed by atoms with van der Waals surface area (Å²) in [6.07, 6.45) is 6.89. The first-order chi connectivity index (χ1) is 16.2. The number of pyridine rings is 1. The molecule has 1 saturated heterocycles. The van der Waals surface area contributed by atoms with E-state index in [0.717, 1.165) is 16.8 Å². The van der Waals surface area contributed by atoms with Gasteiger partial charge < -0.3 is 25.4 Å². The standard InChI is InChI=1S/C24H27N7O2/c1-26-10-8-20(25)17-5-3-6-18(15-17)21-22(32-2)23(28-19-7-4-9-27-16-19)30-24(29-21)31-11-13-33-14-12-31/h3-10,15-16H,11-14,25H2,1-2H3,(H,28,29,30). The van der Waals surface area contributed by atoms with Crippen molar-refractivity contribution in [2.45, 2.75) is 0 Å². The summed E-state index contributed by atoms with van der Waals surface area (Å²) in [7, 11) is 3.32. The zero-order valence-electron chi connectivity index (χ0n) is 18.7. The number of benzene rings is 1. The van der Waals surface area contributed by atoms with E-state index < -0.39 is 0 Å². The normalized spacial score (nSPS) is 14.5. The van der Waals surface area contributed by atoms with E-state index in [0.29, 0.717) is 55.2 Å². The highest BCUT2D eigenvalue weighted by Gasteiger charge is 2.22. The van der Waals surface area contributed by atoms with Crippen molar-refractivity contribution in [1.82, 2.24) is 15.0 Å². The van der Waals surface area contributed by atoms with Gasteiger partial charge in [-0.15, -0.1) is 0 Å². The van der Waals surface area contributed by atoms with Crippen molar-refractivity contribution in [3.05, 3.63) is 60.4 Å². The fourth-order valence-electron chi connectivity index (χ4n) is 3.49. The first-order valence-corrected chi connectivity index (χ1v) is 10.6. The van der Waals surface area contributed by atoms with Crippen LogP contribution in [0.15, 0.2) is 59.9 Å². The number of hydrogen-bond acceptors (Lipinski definition) is 9. The Kier molecular flexibility index (Phi) is 7.11. The fourth-order valence-corrected chi connectivity index (χ4v) is 3.49. The van der Waals surface area contributed by atoms with Crippen molar-refractivity contribution in [1.29, 1.82) is 0 Å². The van der Waals surface area contributed by atoms with Crippen LogP contribution in [0.4, 0.5) is 17.5 Å². The SMILES string of the molecule is CN=CC=C(N)c1cccc(-c2nc(N3CCOCC3)nc(Nc3cccnc3)c2OC)c1. The number of allylic oxidation sites excluding steroid dienone is 1. The molecule has 2 aromatic heterocycles. The van der Waals surface area contributed by atoms with Crippen molar-refractivity contribution in [2.75, 3.05) is 50.7 Å². The van der Waals surface area contributed by atoms with Gasteiger partial charge in [0.05, 0.1) is 32.2 Å². The van der Waals surface area contributed by atoms with Gasteiger partial charge >= 0.3 is 0 Å². The van der Waals surface area contributed by atoms with Crippen LogP contribution in [0.1, 0.15) is 5.56 Å². The molecule has 0 saturated carbocycles. The number of nitrogens with two attached hydrogens (primary N) is 1. The molecule has 1 aliphatic rings. The molecule has 0 spiro atoms. The number of hydrogen-bond donors (Lipinski definition) is 2. The van der Waals surface area contributed by atoms with Gasteiger partial charge in [0.1, 0.15) is 5.69 Å². The van der Waals surface area contributed by atoms with Crippen LogP contribution in [0, 0.1) is 0 Å². The van der Waals surface area contributed by atoms with Crippen molar-refractivity contribution >= 4 is 29.4 Å². The molecule has 9 heteroatoms. The highest BCUT2D eigenvalue weighted by atomic mass is 16.5. The smallest absolute Gasteiger partial charge is 0.228 e. The molecular formula is C24H27N7O2. The van der Waals surface area contributed by atoms with Gasteiger partial charge in [0.25, 0.3) is 0 Å². The minimum absolute atomic E-state index is 0.533. The average molecular weight is 446 g/mol. The van der Waals surface area contributed by atoms with Crippen LogP contribution in [0.5, 0.6) is 5.75 Å². The third-order valence-electron chi connectivity index (χ3n) is 5.15. The van der Waals surface area contributed by atoms with E-state index in [-0.39, 0.29) is 0 Å². The van der Waals surface area contributed by atoms with E-state index >= 15 is 0 Å². The molecule has 3 N–H and O–H groups in total. The summed E-state index contributed by atoms with van der Waals surface area (Å²) in [6, 6.07) is 11.6. The summed E-state index contributed by atoms with van der Waals surface area (Å²) in [6.45, 7) is 2.69. The van der Waals surface area contributed by atoms with Crippen LogP contribution in [0.2, 0.25) is 0 Å². The van der Waals surface area contributed by atoms with Gasteiger partial charge in [0.2, 0.25) is 5.95 Å². The highest BCUT2D eigenvalue weighted by Crippen LogP contribution is 2.37. The predicted octanol–water partition coefficient (Wildman–Crippen LogP) is 3.13. The average Bonchev–Trinajstić information content (AvgIpc) is 2.88. The molecule has 0 amide bonds. The second-order valence-electron chi connectivity index (χ2n) is 7.33. The molecule has 0 unspecified atom stereocenters. The lowest BCUT2D eigenvalue weighted by Crippen LogP contribution is -2.37. The van der Waals surface area contributed by atoms with Crippen LogP contribution < -0.4 is 20.7 Å². The number of morpholine rings is 1. The van der Waals surface area contributed by atoms with Crippen molar-refractivity contribution in [3.63, 3.8) is 0 Å². The monoisotopic (exact) mass is 445 g/mol. The zero-order chi connectivity index (χ0) is 23.0. The molecule has 33 heavy (non-hydrogen) atoms. The zero-order valence-corrected chi connectivity index (χ0v) is 18.7. The molecule has 9 nitrogen and oxygen atoms in total. The number of nitrogens with zero attached hydrogens (tertiary/aromatic N) is 5. The van der Waals surface area contributed by atoms with Gasteiger partial charge in [-0.1, -0.05) is 18.2 Å². The van der Waals surface area contributed by atoms with Crippen molar-refractivity contribution in [3.8, 4) is 17.0 Å². The number of nitrogens with one attached hydrogen (secondary N) is 1. The van der Waals surface area contributed by atoms with Crippen LogP contribution in [0.25, 0.3) is 17.0 Å². The van der Waals surface area contributed by atoms with E-state index in [4.69, 9.17) is 25.2 Å². The summed E-state index contributed by atoms with van der Waals surface area (Å²) in [5.41, 5.74) is 10.0. The van der Waals surface area contributed by atoms with E-state index in [1.807, 2.05) is 36.4 Å². The third kappa shape index (κ3) is 5.27. The van der Waals surface area contributed by atoms with Crippen molar-refractivity contribution in [2.24, 2.45) is 10.7 Å². The lowest BCUT2D eigenvalue weighted by atomic mass is 10.0. The van der Waals surface area contributed by atoms with E-state index in [2.05, 4.69) is 20.2 Å². The van der Waals surface area contributed by atoms with Crippen molar-refractivity contribution < 1.29 is 9.47 Å². The Morgan fingerprint density at radius 3 is 2.79 bits per heavy atom. The molecule has 1 aliphatic heterocycles. The molecule has 4 rings (SSSR count). The summed E-state index contributed by atoms with van der Waals surface area (Å²) in [5, 5.41) is 3.33. The number of aliphatic imine (C=N–C) groups is 1. The molecule has 0 aliphatic carbocycles. The largest absolute Gasteiger partial charge is 0.491 e. The Bertz CT molecular complexity index is 1140. The maximum Gasteiger partial charge on any atom is 0.228 e. The molecular weight excluding hydrogens is 418 g/mol. The molecule has 1 aromatic carbocycles. The molecule has 0 radical (unpaired) electrons. The van der Waals surface area contributed by atoms with E-state index in [1.54, 1.807) is 38.8 Å². The first-order valence-electron chi connectivity index (χ1n) is 10.6. The Morgan fingerprint density at radius 1 is 1.21 bits per heavy atom. The summed E-state index contributed by atoms with van der Waals surface area (Å²) in [4.78, 5) is 19.9. The van der Waals surface area contributed by atoms with Gasteiger partial charge in [-0.3, -0.25) is 9.98 Å². The van der Waals surface area contributed by atoms with Gasteiger partial charge in [-0.25, -0.2) is 4.98 Å². The summed E-state index contributed by atoms with van der Waals surface area (Å²) in [5.74, 6) is 1.70. The molecule has 1 fully saturated rings.